The Balaban J connectivity index is -0.0000000466. The van der Waals surface area contributed by atoms with Crippen molar-refractivity contribution in [1.29, 1.82) is 0 Å². The highest BCUT2D eigenvalue weighted by Crippen LogP contribution is 1.95. The molecule has 0 radical (unpaired) electrons. The van der Waals surface area contributed by atoms with E-state index in [0.717, 1.165) is 0 Å². The Labute approximate surface area is 162 Å². The highest BCUT2D eigenvalue weighted by molar-refractivity contribution is 5.73. The minimum Gasteiger partial charge on any atom is -0.300 e. The minimum absolute atomic E-state index is 0.167. The van der Waals surface area contributed by atoms with Gasteiger partial charge in [-0.15, -0.1) is 0 Å². The van der Waals surface area contributed by atoms with Crippen LogP contribution in [0, 0.1) is 0 Å². The van der Waals surface area contributed by atoms with E-state index in [4.69, 9.17) is 0 Å². The topological polar surface area (TPSA) is 85.3 Å². The van der Waals surface area contributed by atoms with Crippen LogP contribution in [-0.4, -0.2) is 28.9 Å². The normalized spacial score (nSPS) is 7.08. The Morgan fingerprint density at radius 2 is 0.462 bits per heavy atom. The van der Waals surface area contributed by atoms with Gasteiger partial charge in [-0.1, -0.05) is 39.5 Å². The molecule has 0 aromatic heterocycles. The van der Waals surface area contributed by atoms with E-state index in [1.165, 1.54) is 94.9 Å². The van der Waals surface area contributed by atoms with Crippen molar-refractivity contribution in [3.8, 4) is 0 Å². The van der Waals surface area contributed by atoms with Gasteiger partial charge < -0.3 is 24.0 Å². The fourth-order valence-electron chi connectivity index (χ4n) is 0.500. The third-order valence-corrected chi connectivity index (χ3v) is 0.957. The summed E-state index contributed by atoms with van der Waals surface area (Å²) in [6.45, 7) is 19.7. The van der Waals surface area contributed by atoms with Crippen molar-refractivity contribution in [3.63, 3.8) is 0 Å². The Bertz CT molecular complexity index is 251. The van der Waals surface area contributed by atoms with Gasteiger partial charge in [-0.25, -0.2) is 0 Å². The molecule has 0 amide bonds. The van der Waals surface area contributed by atoms with Gasteiger partial charge in [-0.3, -0.25) is 0 Å². The molecule has 5 heteroatoms. The molecule has 0 aromatic carbocycles. The van der Waals surface area contributed by atoms with E-state index >= 15 is 0 Å². The van der Waals surface area contributed by atoms with Crippen molar-refractivity contribution in [1.82, 2.24) is 0 Å². The number of ketones is 5. The first-order valence-electron chi connectivity index (χ1n) is 8.93. The summed E-state index contributed by atoms with van der Waals surface area (Å²) in [7, 11) is 0. The molecule has 158 valence electrons. The first-order valence-corrected chi connectivity index (χ1v) is 8.93. The lowest BCUT2D eigenvalue weighted by Crippen LogP contribution is -1.69. The van der Waals surface area contributed by atoms with Crippen LogP contribution in [0.4, 0.5) is 0 Å². The molecule has 0 heterocycles. The van der Waals surface area contributed by atoms with Gasteiger partial charge in [0.2, 0.25) is 0 Å². The molecule has 0 fully saturated rings. The predicted molar refractivity (Wildman–Crippen MR) is 112 cm³/mol. The lowest BCUT2D eigenvalue weighted by atomic mass is 10.2. The lowest BCUT2D eigenvalue weighted by molar-refractivity contribution is -0.115. The minimum atomic E-state index is 0.167. The Kier molecular flexibility index (Phi) is 58.8. The van der Waals surface area contributed by atoms with Gasteiger partial charge in [-0.2, -0.15) is 0 Å². The highest BCUT2D eigenvalue weighted by atomic mass is 16.1. The van der Waals surface area contributed by atoms with Gasteiger partial charge in [0.15, 0.2) is 0 Å². The molecule has 0 aliphatic carbocycles. The maximum absolute atomic E-state index is 9.44. The van der Waals surface area contributed by atoms with Crippen LogP contribution in [0.5, 0.6) is 0 Å². The molecule has 0 atom stereocenters. The second-order valence-electron chi connectivity index (χ2n) is 6.25. The van der Waals surface area contributed by atoms with Crippen molar-refractivity contribution in [3.05, 3.63) is 0 Å². The Morgan fingerprint density at radius 3 is 0.500 bits per heavy atom. The number of rotatable bonds is 3. The van der Waals surface area contributed by atoms with Gasteiger partial charge in [0.1, 0.15) is 28.9 Å². The van der Waals surface area contributed by atoms with E-state index in [-0.39, 0.29) is 28.9 Å². The second-order valence-corrected chi connectivity index (χ2v) is 6.25. The molecular formula is C21H44O5. The van der Waals surface area contributed by atoms with Crippen molar-refractivity contribution in [2.75, 3.05) is 0 Å². The van der Waals surface area contributed by atoms with Crippen molar-refractivity contribution >= 4 is 28.9 Å². The second kappa shape index (κ2) is 38.7. The van der Waals surface area contributed by atoms with Crippen LogP contribution < -0.4 is 0 Å². The average molecular weight is 377 g/mol. The fraction of sp³-hybridized carbons (Fsp3) is 0.762. The van der Waals surface area contributed by atoms with Gasteiger partial charge in [0.25, 0.3) is 0 Å². The molecule has 0 bridgehead atoms. The quantitative estimate of drug-likeness (QED) is 0.602. The van der Waals surface area contributed by atoms with E-state index in [1.807, 2.05) is 0 Å². The third kappa shape index (κ3) is 5590. The van der Waals surface area contributed by atoms with Gasteiger partial charge in [0, 0.05) is 0 Å². The highest BCUT2D eigenvalue weighted by Gasteiger charge is 1.75. The van der Waals surface area contributed by atoms with Crippen LogP contribution in [0.1, 0.15) is 109 Å². The standard InChI is InChI=1S/C6H14.5C3H6O/c1-3-5-6-4-2;5*1-3(2)4/h3-6H2,1-2H3;5*1-2H3. The van der Waals surface area contributed by atoms with E-state index < -0.39 is 0 Å². The van der Waals surface area contributed by atoms with Crippen LogP contribution in [0.25, 0.3) is 0 Å². The molecule has 0 aliphatic heterocycles. The van der Waals surface area contributed by atoms with Crippen molar-refractivity contribution in [2.45, 2.75) is 109 Å². The summed E-state index contributed by atoms with van der Waals surface area (Å²) in [5.74, 6) is 0.833. The van der Waals surface area contributed by atoms with Crippen molar-refractivity contribution in [2.24, 2.45) is 0 Å². The molecule has 0 aliphatic rings. The third-order valence-electron chi connectivity index (χ3n) is 0.957. The Morgan fingerprint density at radius 1 is 0.385 bits per heavy atom. The van der Waals surface area contributed by atoms with E-state index in [9.17, 15) is 24.0 Å². The van der Waals surface area contributed by atoms with Gasteiger partial charge in [0.05, 0.1) is 0 Å². The smallest absolute Gasteiger partial charge is 0.126 e. The SMILES string of the molecule is CC(C)=O.CC(C)=O.CC(C)=O.CC(C)=O.CC(C)=O.CCCCCC. The maximum Gasteiger partial charge on any atom is 0.126 e. The van der Waals surface area contributed by atoms with E-state index in [1.54, 1.807) is 0 Å². The molecule has 0 spiro atoms. The van der Waals surface area contributed by atoms with Gasteiger partial charge in [-0.05, 0) is 69.2 Å². The van der Waals surface area contributed by atoms with E-state index in [0.29, 0.717) is 0 Å². The van der Waals surface area contributed by atoms with Crippen LogP contribution in [0.2, 0.25) is 0 Å². The summed E-state index contributed by atoms with van der Waals surface area (Å²) in [5, 5.41) is 0. The Hall–Kier alpha value is -1.65. The van der Waals surface area contributed by atoms with E-state index in [2.05, 4.69) is 13.8 Å². The summed E-state index contributed by atoms with van der Waals surface area (Å²) in [6.07, 6.45) is 5.54. The molecule has 0 aromatic rings. The first-order chi connectivity index (χ1) is 11.6. The van der Waals surface area contributed by atoms with Crippen LogP contribution in [0.3, 0.4) is 0 Å². The average Bonchev–Trinajstić information content (AvgIpc) is 2.32. The molecule has 26 heavy (non-hydrogen) atoms. The molecule has 0 saturated heterocycles. The summed E-state index contributed by atoms with van der Waals surface area (Å²) in [4.78, 5) is 47.2. The molecule has 0 unspecified atom stereocenters. The number of carbonyl (C=O) groups is 5. The molecule has 0 saturated carbocycles. The van der Waals surface area contributed by atoms with Crippen LogP contribution in [-0.2, 0) is 24.0 Å². The lowest BCUT2D eigenvalue weighted by Gasteiger charge is -1.86. The van der Waals surface area contributed by atoms with Gasteiger partial charge >= 0.3 is 0 Å². The monoisotopic (exact) mass is 376 g/mol. The number of unbranched alkanes of at least 4 members (excludes halogenated alkanes) is 3. The molecule has 5 nitrogen and oxygen atoms in total. The number of hydrogen-bond acceptors (Lipinski definition) is 5. The van der Waals surface area contributed by atoms with Crippen LogP contribution >= 0.6 is 0 Å². The fourth-order valence-corrected chi connectivity index (χ4v) is 0.500. The summed E-state index contributed by atoms with van der Waals surface area (Å²) in [5.41, 5.74) is 0. The zero-order valence-corrected chi connectivity index (χ0v) is 19.4. The maximum atomic E-state index is 9.44. The summed E-state index contributed by atoms with van der Waals surface area (Å²) in [6, 6.07) is 0. The van der Waals surface area contributed by atoms with Crippen LogP contribution in [0.15, 0.2) is 0 Å². The number of hydrogen-bond donors (Lipinski definition) is 0. The van der Waals surface area contributed by atoms with Crippen molar-refractivity contribution < 1.29 is 24.0 Å². The largest absolute Gasteiger partial charge is 0.300 e. The summed E-state index contributed by atoms with van der Waals surface area (Å²) < 4.78 is 0. The zero-order valence-electron chi connectivity index (χ0n) is 19.4. The molecule has 0 rings (SSSR count). The number of Topliss-reactive ketones (excluding diaryl/α,β-unsaturated/α-hetero) is 5. The molecule has 0 N–H and O–H groups in total. The zero-order chi connectivity index (χ0) is 22.7. The molecular weight excluding hydrogens is 332 g/mol. The first kappa shape index (κ1) is 39.4. The summed E-state index contributed by atoms with van der Waals surface area (Å²) >= 11 is 0. The predicted octanol–water partition coefficient (Wildman–Crippen LogP) is 5.56. The number of carbonyl (C=O) groups excluding carboxylic acids is 5.